The molecule has 1 unspecified atom stereocenters. The second kappa shape index (κ2) is 7.07. The van der Waals surface area contributed by atoms with Gasteiger partial charge in [0.1, 0.15) is 12.7 Å². The molecule has 0 aliphatic heterocycles. The third kappa shape index (κ3) is 3.62. The summed E-state index contributed by atoms with van der Waals surface area (Å²) < 4.78 is 7.04. The minimum atomic E-state index is -1.09. The van der Waals surface area contributed by atoms with Gasteiger partial charge >= 0.3 is 0 Å². The normalized spacial score (nSPS) is 16.5. The number of Topliss-reactive ketones (excluding diaryl/α,β-unsaturated/α-hetero) is 1. The molecule has 117 valence electrons. The lowest BCUT2D eigenvalue weighted by Crippen LogP contribution is -2.29. The lowest BCUT2D eigenvalue weighted by Gasteiger charge is -2.21. The van der Waals surface area contributed by atoms with E-state index in [9.17, 15) is 4.79 Å². The average Bonchev–Trinajstić information content (AvgIpc) is 3.19. The molecular formula is C15H9Cl3N3O2. The van der Waals surface area contributed by atoms with Gasteiger partial charge in [-0.25, -0.2) is 9.67 Å². The van der Waals surface area contributed by atoms with Crippen molar-refractivity contribution in [3.8, 4) is 5.75 Å². The number of carbonyl (C=O) groups excluding carboxylic acids is 1. The molecule has 2 aromatic rings. The van der Waals surface area contributed by atoms with Crippen LogP contribution in [0.5, 0.6) is 5.75 Å². The minimum Gasteiger partial charge on any atom is -0.458 e. The van der Waals surface area contributed by atoms with Gasteiger partial charge in [-0.2, -0.15) is 5.10 Å². The van der Waals surface area contributed by atoms with Crippen LogP contribution in [0.1, 0.15) is 6.23 Å². The number of halogens is 3. The molecule has 1 saturated carbocycles. The second-order valence-corrected chi connectivity index (χ2v) is 5.83. The maximum absolute atomic E-state index is 12.7. The summed E-state index contributed by atoms with van der Waals surface area (Å²) in [5, 5.41) is 4.73. The van der Waals surface area contributed by atoms with E-state index >= 15 is 0 Å². The van der Waals surface area contributed by atoms with Crippen LogP contribution in [0.15, 0.2) is 24.8 Å². The molecule has 1 atom stereocenters. The molecule has 23 heavy (non-hydrogen) atoms. The summed E-state index contributed by atoms with van der Waals surface area (Å²) in [7, 11) is 0. The van der Waals surface area contributed by atoms with Crippen molar-refractivity contribution in [3.63, 3.8) is 0 Å². The fourth-order valence-corrected chi connectivity index (χ4v) is 2.91. The summed E-state index contributed by atoms with van der Waals surface area (Å²) in [6.07, 6.45) is 8.47. The SMILES string of the molecule is O=C([C]1[CH][CH][CH][CH]1)C(Oc1c(Cl)cc(Cl)cc1Cl)n1cncn1. The first-order chi connectivity index (χ1) is 11.1. The maximum atomic E-state index is 12.7. The molecule has 1 aromatic heterocycles. The summed E-state index contributed by atoms with van der Waals surface area (Å²) in [6.45, 7) is 0. The van der Waals surface area contributed by atoms with Crippen LogP contribution < -0.4 is 4.74 Å². The van der Waals surface area contributed by atoms with Gasteiger partial charge in [0.2, 0.25) is 5.78 Å². The van der Waals surface area contributed by atoms with Gasteiger partial charge in [-0.1, -0.05) is 34.8 Å². The Kier molecular flexibility index (Phi) is 5.09. The first kappa shape index (κ1) is 16.6. The molecule has 5 radical (unpaired) electrons. The Morgan fingerprint density at radius 1 is 1.13 bits per heavy atom. The van der Waals surface area contributed by atoms with Crippen LogP contribution in [-0.4, -0.2) is 20.5 Å². The highest BCUT2D eigenvalue weighted by atomic mass is 35.5. The van der Waals surface area contributed by atoms with Gasteiger partial charge in [-0.05, 0) is 37.8 Å². The van der Waals surface area contributed by atoms with Crippen molar-refractivity contribution < 1.29 is 9.53 Å². The lowest BCUT2D eigenvalue weighted by atomic mass is 10.0. The van der Waals surface area contributed by atoms with Crippen LogP contribution in [0, 0.1) is 31.6 Å². The predicted octanol–water partition coefficient (Wildman–Crippen LogP) is 3.79. The van der Waals surface area contributed by atoms with E-state index in [1.165, 1.54) is 29.5 Å². The Morgan fingerprint density at radius 3 is 2.35 bits per heavy atom. The summed E-state index contributed by atoms with van der Waals surface area (Å²) in [4.78, 5) is 16.5. The molecule has 0 amide bonds. The van der Waals surface area contributed by atoms with Gasteiger partial charge in [0.25, 0.3) is 6.23 Å². The molecule has 0 bridgehead atoms. The van der Waals surface area contributed by atoms with Crippen LogP contribution in [0.4, 0.5) is 0 Å². The zero-order chi connectivity index (χ0) is 16.4. The fourth-order valence-electron chi connectivity index (χ4n) is 2.00. The van der Waals surface area contributed by atoms with Crippen molar-refractivity contribution in [1.29, 1.82) is 0 Å². The number of rotatable bonds is 5. The van der Waals surface area contributed by atoms with E-state index in [1.807, 2.05) is 0 Å². The largest absolute Gasteiger partial charge is 0.458 e. The Balaban J connectivity index is 1.92. The molecule has 1 aliphatic carbocycles. The standard InChI is InChI=1S/C15H9Cl3N3O2/c16-10-5-11(17)14(12(18)6-10)23-15(21-8-19-7-20-21)13(22)9-3-1-2-4-9/h1-8,15H. The predicted molar refractivity (Wildman–Crippen MR) is 86.6 cm³/mol. The highest BCUT2D eigenvalue weighted by molar-refractivity contribution is 6.40. The molecule has 0 N–H and O–H groups in total. The number of hydrogen-bond acceptors (Lipinski definition) is 4. The Morgan fingerprint density at radius 2 is 1.78 bits per heavy atom. The number of ketones is 1. The summed E-state index contributed by atoms with van der Waals surface area (Å²) in [5.74, 6) is 0.326. The van der Waals surface area contributed by atoms with Gasteiger partial charge in [0.15, 0.2) is 5.75 Å². The van der Waals surface area contributed by atoms with E-state index in [0.717, 1.165) is 0 Å². The van der Waals surface area contributed by atoms with E-state index in [4.69, 9.17) is 39.5 Å². The second-order valence-electron chi connectivity index (χ2n) is 4.58. The smallest absolute Gasteiger partial charge is 0.252 e. The van der Waals surface area contributed by atoms with Crippen LogP contribution >= 0.6 is 34.8 Å². The molecule has 5 nitrogen and oxygen atoms in total. The minimum absolute atomic E-state index is 0.151. The summed E-state index contributed by atoms with van der Waals surface area (Å²) >= 11 is 18.1. The zero-order valence-corrected chi connectivity index (χ0v) is 13.8. The number of ether oxygens (including phenoxy) is 1. The van der Waals surface area contributed by atoms with E-state index in [-0.39, 0.29) is 21.6 Å². The number of benzene rings is 1. The molecule has 1 aromatic carbocycles. The lowest BCUT2D eigenvalue weighted by molar-refractivity contribution is -0.127. The number of hydrogen-bond donors (Lipinski definition) is 0. The molecule has 1 fully saturated rings. The van der Waals surface area contributed by atoms with Gasteiger partial charge < -0.3 is 4.74 Å². The van der Waals surface area contributed by atoms with Gasteiger partial charge in [-0.3, -0.25) is 4.79 Å². The number of aromatic nitrogens is 3. The van der Waals surface area contributed by atoms with Gasteiger partial charge in [0.05, 0.1) is 16.0 Å². The van der Waals surface area contributed by atoms with Gasteiger partial charge in [0, 0.05) is 5.02 Å². The summed E-state index contributed by atoms with van der Waals surface area (Å²) in [6, 6.07) is 2.96. The van der Waals surface area contributed by atoms with Crippen LogP contribution in [-0.2, 0) is 4.79 Å². The molecular weight excluding hydrogens is 361 g/mol. The third-order valence-corrected chi connectivity index (χ3v) is 3.82. The van der Waals surface area contributed by atoms with E-state index in [1.54, 1.807) is 25.7 Å². The highest BCUT2D eigenvalue weighted by Gasteiger charge is 2.34. The Labute approximate surface area is 148 Å². The van der Waals surface area contributed by atoms with Crippen LogP contribution in [0.25, 0.3) is 0 Å². The van der Waals surface area contributed by atoms with Crippen LogP contribution in [0.3, 0.4) is 0 Å². The molecule has 1 aliphatic rings. The van der Waals surface area contributed by atoms with E-state index in [0.29, 0.717) is 10.9 Å². The van der Waals surface area contributed by atoms with Crippen molar-refractivity contribution in [2.24, 2.45) is 0 Å². The molecule has 3 rings (SSSR count). The van der Waals surface area contributed by atoms with Crippen LogP contribution in [0.2, 0.25) is 15.1 Å². The van der Waals surface area contributed by atoms with Gasteiger partial charge in [-0.15, -0.1) is 0 Å². The quantitative estimate of drug-likeness (QED) is 0.804. The first-order valence-corrected chi connectivity index (χ1v) is 7.61. The van der Waals surface area contributed by atoms with Crippen molar-refractivity contribution in [1.82, 2.24) is 14.8 Å². The van der Waals surface area contributed by atoms with E-state index < -0.39 is 6.23 Å². The third-order valence-electron chi connectivity index (χ3n) is 3.04. The van der Waals surface area contributed by atoms with Crippen molar-refractivity contribution >= 4 is 40.6 Å². The fraction of sp³-hybridized carbons (Fsp3) is 0.0667. The van der Waals surface area contributed by atoms with Crippen molar-refractivity contribution in [2.75, 3.05) is 0 Å². The molecule has 0 spiro atoms. The maximum Gasteiger partial charge on any atom is 0.252 e. The Bertz CT molecular complexity index is 677. The molecule has 8 heteroatoms. The van der Waals surface area contributed by atoms with E-state index in [2.05, 4.69) is 10.1 Å². The average molecular weight is 370 g/mol. The first-order valence-electron chi connectivity index (χ1n) is 6.47. The number of carbonyl (C=O) groups is 1. The van der Waals surface area contributed by atoms with Crippen molar-refractivity contribution in [3.05, 3.63) is 71.5 Å². The topological polar surface area (TPSA) is 57.0 Å². The highest BCUT2D eigenvalue weighted by Crippen LogP contribution is 2.38. The summed E-state index contributed by atoms with van der Waals surface area (Å²) in [5.41, 5.74) is 0. The Hall–Kier alpha value is -1.30. The molecule has 0 saturated heterocycles. The molecule has 1 heterocycles. The monoisotopic (exact) mass is 368 g/mol. The zero-order valence-electron chi connectivity index (χ0n) is 11.5. The number of nitrogens with zero attached hydrogens (tertiary/aromatic N) is 3. The van der Waals surface area contributed by atoms with Crippen molar-refractivity contribution in [2.45, 2.75) is 6.23 Å².